The van der Waals surface area contributed by atoms with E-state index in [9.17, 15) is 22.8 Å². The van der Waals surface area contributed by atoms with Gasteiger partial charge in [-0.05, 0) is 85.6 Å². The van der Waals surface area contributed by atoms with E-state index in [2.05, 4.69) is 50.3 Å². The number of halogens is 3. The average molecular weight is 551 g/mol. The molecule has 0 radical (unpaired) electrons. The Hall–Kier alpha value is -2.29. The van der Waals surface area contributed by atoms with Crippen molar-refractivity contribution in [3.05, 3.63) is 35.4 Å². The average Bonchev–Trinajstić information content (AvgIpc) is 2.86. The number of fused-ring (bicyclic) bond motifs is 1. The lowest BCUT2D eigenvalue weighted by atomic mass is 9.45. The maximum absolute atomic E-state index is 13.2. The van der Waals surface area contributed by atoms with E-state index in [0.29, 0.717) is 18.4 Å². The molecule has 1 heterocycles. The van der Waals surface area contributed by atoms with Crippen LogP contribution in [0.15, 0.2) is 24.3 Å². The highest BCUT2D eigenvalue weighted by atomic mass is 19.4. The maximum Gasteiger partial charge on any atom is 0.416 e. The second kappa shape index (κ2) is 11.3. The molecule has 2 aliphatic carbocycles. The molecule has 3 amide bonds. The Morgan fingerprint density at radius 1 is 1.03 bits per heavy atom. The Balaban J connectivity index is 1.45. The predicted molar refractivity (Wildman–Crippen MR) is 146 cm³/mol. The zero-order chi connectivity index (χ0) is 28.6. The Morgan fingerprint density at radius 2 is 1.67 bits per heavy atom. The molecule has 1 aliphatic heterocycles. The van der Waals surface area contributed by atoms with Gasteiger partial charge in [0.25, 0.3) is 5.91 Å². The van der Waals surface area contributed by atoms with E-state index in [1.807, 2.05) is 4.90 Å². The van der Waals surface area contributed by atoms with Crippen LogP contribution in [0.25, 0.3) is 0 Å². The molecule has 3 aliphatic rings. The van der Waals surface area contributed by atoms with Crippen LogP contribution in [-0.4, -0.2) is 67.6 Å². The van der Waals surface area contributed by atoms with Crippen molar-refractivity contribution in [1.82, 2.24) is 20.4 Å². The topological polar surface area (TPSA) is 64.7 Å². The van der Waals surface area contributed by atoms with Crippen LogP contribution in [0.5, 0.6) is 0 Å². The largest absolute Gasteiger partial charge is 0.416 e. The molecule has 6 nitrogen and oxygen atoms in total. The van der Waals surface area contributed by atoms with Gasteiger partial charge in [0.05, 0.1) is 5.56 Å². The summed E-state index contributed by atoms with van der Waals surface area (Å²) in [6.07, 6.45) is 0.748. The van der Waals surface area contributed by atoms with Gasteiger partial charge in [0.2, 0.25) is 0 Å². The van der Waals surface area contributed by atoms with Crippen LogP contribution in [0.2, 0.25) is 0 Å². The third-order valence-electron chi connectivity index (χ3n) is 10.2. The van der Waals surface area contributed by atoms with Crippen LogP contribution in [-0.2, 0) is 6.18 Å². The van der Waals surface area contributed by atoms with Gasteiger partial charge in [0.1, 0.15) is 0 Å². The number of nitrogens with zero attached hydrogens (tertiary/aromatic N) is 2. The molecule has 9 heteroatoms. The minimum atomic E-state index is -4.43. The van der Waals surface area contributed by atoms with Gasteiger partial charge in [-0.25, -0.2) is 4.79 Å². The summed E-state index contributed by atoms with van der Waals surface area (Å²) < 4.78 is 38.7. The second-order valence-corrected chi connectivity index (χ2v) is 13.1. The second-order valence-electron chi connectivity index (χ2n) is 13.1. The first kappa shape index (κ1) is 29.7. The fraction of sp³-hybridized carbons (Fsp3) is 0.733. The smallest absolute Gasteiger partial charge is 0.352 e. The number of carbonyl (C=O) groups excluding carboxylic acids is 2. The highest BCUT2D eigenvalue weighted by Gasteiger charge is 2.56. The summed E-state index contributed by atoms with van der Waals surface area (Å²) in [4.78, 5) is 30.1. The van der Waals surface area contributed by atoms with Crippen molar-refractivity contribution in [2.75, 3.05) is 39.8 Å². The number of rotatable bonds is 5. The van der Waals surface area contributed by atoms with Crippen molar-refractivity contribution >= 4 is 11.9 Å². The molecule has 2 saturated carbocycles. The summed E-state index contributed by atoms with van der Waals surface area (Å²) in [6, 6.07) is 4.43. The van der Waals surface area contributed by atoms with Crippen LogP contribution in [0, 0.1) is 28.6 Å². The molecule has 0 spiro atoms. The van der Waals surface area contributed by atoms with Gasteiger partial charge in [-0.2, -0.15) is 13.2 Å². The summed E-state index contributed by atoms with van der Waals surface area (Å²) in [6.45, 7) is 13.0. The standard InChI is InChI=1S/C30H45F3N4O2/c1-20-23(11-14-34-26(38)21-7-9-22(10-8-21)30(31,32)33)29(4)13-6-12-28(2,3)25(29)19-24(20)35-27(39)37-17-15-36(5)16-18-37/h7-10,20,23-25H,6,11-19H2,1-5H3,(H,34,38)(H,35,39)/t20-,23-,24+,25?,29+/m0/s1. The van der Waals surface area contributed by atoms with E-state index in [-0.39, 0.29) is 40.3 Å². The fourth-order valence-electron chi connectivity index (χ4n) is 7.84. The Labute approximate surface area is 231 Å². The molecule has 2 N–H and O–H groups in total. The van der Waals surface area contributed by atoms with Gasteiger partial charge < -0.3 is 20.4 Å². The number of hydrogen-bond donors (Lipinski definition) is 2. The van der Waals surface area contributed by atoms with Crippen LogP contribution in [0.1, 0.15) is 75.7 Å². The maximum atomic E-state index is 13.2. The zero-order valence-electron chi connectivity index (χ0n) is 24.0. The molecule has 1 unspecified atom stereocenters. The van der Waals surface area contributed by atoms with E-state index >= 15 is 0 Å². The number of urea groups is 1. The molecule has 3 fully saturated rings. The first-order valence-corrected chi connectivity index (χ1v) is 14.4. The number of nitrogens with one attached hydrogen (secondary N) is 2. The number of carbonyl (C=O) groups is 2. The van der Waals surface area contributed by atoms with Gasteiger partial charge in [0.15, 0.2) is 0 Å². The molecule has 4 rings (SSSR count). The monoisotopic (exact) mass is 550 g/mol. The van der Waals surface area contributed by atoms with Crippen LogP contribution >= 0.6 is 0 Å². The van der Waals surface area contributed by atoms with Crippen LogP contribution < -0.4 is 10.6 Å². The first-order valence-electron chi connectivity index (χ1n) is 14.4. The molecule has 218 valence electrons. The lowest BCUT2D eigenvalue weighted by Gasteiger charge is -2.61. The third-order valence-corrected chi connectivity index (χ3v) is 10.2. The van der Waals surface area contributed by atoms with E-state index < -0.39 is 11.7 Å². The number of likely N-dealkylation sites (N-methyl/N-ethyl adjacent to an activating group) is 1. The molecule has 1 aromatic carbocycles. The molecule has 1 aromatic rings. The van der Waals surface area contributed by atoms with Gasteiger partial charge in [-0.1, -0.05) is 34.1 Å². The Morgan fingerprint density at radius 3 is 2.28 bits per heavy atom. The predicted octanol–water partition coefficient (Wildman–Crippen LogP) is 5.64. The summed E-state index contributed by atoms with van der Waals surface area (Å²) in [7, 11) is 2.07. The molecular formula is C30H45F3N4O2. The number of hydrogen-bond acceptors (Lipinski definition) is 3. The lowest BCUT2D eigenvalue weighted by molar-refractivity contribution is -0.137. The van der Waals surface area contributed by atoms with Gasteiger partial charge in [-0.15, -0.1) is 0 Å². The minimum absolute atomic E-state index is 0.0199. The molecule has 0 bridgehead atoms. The fourth-order valence-corrected chi connectivity index (χ4v) is 7.84. The van der Waals surface area contributed by atoms with Crippen molar-refractivity contribution in [2.45, 2.75) is 72.0 Å². The SMILES string of the molecule is C[C@@H]1[C@H](NC(=O)N2CCN(C)CC2)CC2C(C)(C)CCC[C@]2(C)[C@H]1CCNC(=O)c1ccc(C(F)(F)F)cc1. The molecule has 1 saturated heterocycles. The summed E-state index contributed by atoms with van der Waals surface area (Å²) in [5.41, 5.74) is -0.292. The summed E-state index contributed by atoms with van der Waals surface area (Å²) in [5, 5.41) is 6.35. The van der Waals surface area contributed by atoms with Crippen LogP contribution in [0.3, 0.4) is 0 Å². The first-order chi connectivity index (χ1) is 18.2. The summed E-state index contributed by atoms with van der Waals surface area (Å²) in [5.74, 6) is 0.613. The number of piperazine rings is 1. The highest BCUT2D eigenvalue weighted by Crippen LogP contribution is 2.61. The lowest BCUT2D eigenvalue weighted by Crippen LogP contribution is -2.61. The minimum Gasteiger partial charge on any atom is -0.352 e. The molecule has 0 aromatic heterocycles. The quantitative estimate of drug-likeness (QED) is 0.499. The summed E-state index contributed by atoms with van der Waals surface area (Å²) >= 11 is 0. The van der Waals surface area contributed by atoms with Crippen molar-refractivity contribution in [2.24, 2.45) is 28.6 Å². The van der Waals surface area contributed by atoms with Crippen molar-refractivity contribution < 1.29 is 22.8 Å². The zero-order valence-corrected chi connectivity index (χ0v) is 24.0. The van der Waals surface area contributed by atoms with Crippen molar-refractivity contribution in [3.63, 3.8) is 0 Å². The van der Waals surface area contributed by atoms with Gasteiger partial charge in [-0.3, -0.25) is 4.79 Å². The number of amides is 3. The molecule has 5 atom stereocenters. The number of benzene rings is 1. The van der Waals surface area contributed by atoms with E-state index in [4.69, 9.17) is 0 Å². The van der Waals surface area contributed by atoms with Gasteiger partial charge in [0, 0.05) is 44.3 Å². The number of alkyl halides is 3. The van der Waals surface area contributed by atoms with Crippen molar-refractivity contribution in [1.29, 1.82) is 0 Å². The van der Waals surface area contributed by atoms with Crippen molar-refractivity contribution in [3.8, 4) is 0 Å². The van der Waals surface area contributed by atoms with Crippen LogP contribution in [0.4, 0.5) is 18.0 Å². The Bertz CT molecular complexity index is 1020. The van der Waals surface area contributed by atoms with E-state index in [1.165, 1.54) is 18.6 Å². The molecular weight excluding hydrogens is 505 g/mol. The third kappa shape index (κ3) is 6.39. The van der Waals surface area contributed by atoms with E-state index in [0.717, 1.165) is 64.0 Å². The Kier molecular flexibility index (Phi) is 8.60. The highest BCUT2D eigenvalue weighted by molar-refractivity contribution is 5.94. The van der Waals surface area contributed by atoms with Gasteiger partial charge >= 0.3 is 12.2 Å². The normalized spacial score (nSPS) is 31.3. The molecule has 39 heavy (non-hydrogen) atoms. The van der Waals surface area contributed by atoms with E-state index in [1.54, 1.807) is 0 Å².